The Labute approximate surface area is 129 Å². The van der Waals surface area contributed by atoms with Gasteiger partial charge in [-0.1, -0.05) is 54.6 Å². The van der Waals surface area contributed by atoms with Crippen molar-refractivity contribution in [3.63, 3.8) is 0 Å². The van der Waals surface area contributed by atoms with Crippen molar-refractivity contribution >= 4 is 11.3 Å². The van der Waals surface area contributed by atoms with Crippen LogP contribution >= 0.6 is 11.3 Å². The van der Waals surface area contributed by atoms with E-state index in [9.17, 15) is 0 Å². The molecule has 1 aromatic heterocycles. The SMILES string of the molecule is NCCc1csc(Cc2ccc(-c3ccccc3)cc2)n1. The smallest absolute Gasteiger partial charge is 0.0972 e. The molecule has 3 heteroatoms. The van der Waals surface area contributed by atoms with Gasteiger partial charge in [0.15, 0.2) is 0 Å². The van der Waals surface area contributed by atoms with E-state index < -0.39 is 0 Å². The molecule has 2 nitrogen and oxygen atoms in total. The van der Waals surface area contributed by atoms with Gasteiger partial charge in [0.2, 0.25) is 0 Å². The predicted molar refractivity (Wildman–Crippen MR) is 89.6 cm³/mol. The van der Waals surface area contributed by atoms with Gasteiger partial charge in [0.25, 0.3) is 0 Å². The molecule has 0 atom stereocenters. The Bertz CT molecular complexity index is 687. The van der Waals surface area contributed by atoms with Crippen molar-refractivity contribution in [1.29, 1.82) is 0 Å². The van der Waals surface area contributed by atoms with Crippen molar-refractivity contribution in [3.05, 3.63) is 76.2 Å². The molecule has 3 rings (SSSR count). The van der Waals surface area contributed by atoms with Gasteiger partial charge in [0, 0.05) is 18.2 Å². The summed E-state index contributed by atoms with van der Waals surface area (Å²) in [6.45, 7) is 0.662. The van der Waals surface area contributed by atoms with Crippen LogP contribution in [0.15, 0.2) is 60.0 Å². The molecule has 0 saturated carbocycles. The van der Waals surface area contributed by atoms with Crippen molar-refractivity contribution in [2.45, 2.75) is 12.8 Å². The van der Waals surface area contributed by atoms with Crippen LogP contribution in [-0.4, -0.2) is 11.5 Å². The van der Waals surface area contributed by atoms with E-state index in [0.717, 1.165) is 23.5 Å². The minimum absolute atomic E-state index is 0.662. The molecule has 2 N–H and O–H groups in total. The third kappa shape index (κ3) is 3.57. The molecule has 3 aromatic rings. The number of hydrogen-bond acceptors (Lipinski definition) is 3. The van der Waals surface area contributed by atoms with Gasteiger partial charge in [0.05, 0.1) is 10.7 Å². The standard InChI is InChI=1S/C18H18N2S/c19-11-10-17-13-21-18(20-17)12-14-6-8-16(9-7-14)15-4-2-1-3-5-15/h1-9,13H,10-12,19H2. The molecule has 0 fully saturated rings. The third-order valence-corrected chi connectivity index (χ3v) is 4.31. The molecule has 0 amide bonds. The van der Waals surface area contributed by atoms with Crippen LogP contribution in [0.2, 0.25) is 0 Å². The van der Waals surface area contributed by atoms with Crippen LogP contribution in [0.1, 0.15) is 16.3 Å². The number of thiazole rings is 1. The molecular weight excluding hydrogens is 276 g/mol. The maximum atomic E-state index is 5.56. The van der Waals surface area contributed by atoms with Gasteiger partial charge in [-0.3, -0.25) is 0 Å². The monoisotopic (exact) mass is 294 g/mol. The van der Waals surface area contributed by atoms with E-state index in [1.165, 1.54) is 16.7 Å². The summed E-state index contributed by atoms with van der Waals surface area (Å²) in [6.07, 6.45) is 1.76. The first-order valence-corrected chi connectivity index (χ1v) is 8.01. The summed E-state index contributed by atoms with van der Waals surface area (Å²) in [5.41, 5.74) is 10.5. The van der Waals surface area contributed by atoms with Crippen LogP contribution in [0.25, 0.3) is 11.1 Å². The fraction of sp³-hybridized carbons (Fsp3) is 0.167. The summed E-state index contributed by atoms with van der Waals surface area (Å²) in [5.74, 6) is 0. The van der Waals surface area contributed by atoms with Gasteiger partial charge in [-0.2, -0.15) is 0 Å². The Morgan fingerprint density at radius 2 is 1.62 bits per heavy atom. The van der Waals surface area contributed by atoms with Crippen LogP contribution in [0.5, 0.6) is 0 Å². The molecular formula is C18H18N2S. The molecule has 0 radical (unpaired) electrons. The number of rotatable bonds is 5. The summed E-state index contributed by atoms with van der Waals surface area (Å²) in [4.78, 5) is 4.61. The van der Waals surface area contributed by atoms with Gasteiger partial charge in [-0.05, 0) is 23.2 Å². The van der Waals surface area contributed by atoms with Gasteiger partial charge in [-0.15, -0.1) is 11.3 Å². The zero-order valence-electron chi connectivity index (χ0n) is 11.8. The summed E-state index contributed by atoms with van der Waals surface area (Å²) in [7, 11) is 0. The van der Waals surface area contributed by atoms with Gasteiger partial charge in [0.1, 0.15) is 0 Å². The highest BCUT2D eigenvalue weighted by Crippen LogP contribution is 2.21. The first-order chi connectivity index (χ1) is 10.3. The fourth-order valence-corrected chi connectivity index (χ4v) is 3.18. The molecule has 0 bridgehead atoms. The number of benzene rings is 2. The van der Waals surface area contributed by atoms with E-state index in [1.807, 2.05) is 6.07 Å². The molecule has 2 aromatic carbocycles. The number of hydrogen-bond donors (Lipinski definition) is 1. The average Bonchev–Trinajstić information content (AvgIpc) is 2.97. The maximum absolute atomic E-state index is 5.56. The Balaban J connectivity index is 1.72. The Morgan fingerprint density at radius 3 is 2.33 bits per heavy atom. The van der Waals surface area contributed by atoms with Crippen molar-refractivity contribution in [2.75, 3.05) is 6.54 Å². The van der Waals surface area contributed by atoms with Crippen LogP contribution in [0.4, 0.5) is 0 Å². The summed E-state index contributed by atoms with van der Waals surface area (Å²) in [6, 6.07) is 19.2. The summed E-state index contributed by atoms with van der Waals surface area (Å²) >= 11 is 1.72. The topological polar surface area (TPSA) is 38.9 Å². The Morgan fingerprint density at radius 1 is 0.905 bits per heavy atom. The molecule has 0 aliphatic carbocycles. The lowest BCUT2D eigenvalue weighted by atomic mass is 10.0. The third-order valence-electron chi connectivity index (χ3n) is 3.42. The van der Waals surface area contributed by atoms with Crippen molar-refractivity contribution in [2.24, 2.45) is 5.73 Å². The predicted octanol–water partition coefficient (Wildman–Crippen LogP) is 3.90. The molecule has 0 saturated heterocycles. The summed E-state index contributed by atoms with van der Waals surface area (Å²) in [5, 5.41) is 3.27. The molecule has 21 heavy (non-hydrogen) atoms. The van der Waals surface area contributed by atoms with E-state index >= 15 is 0 Å². The second-order valence-corrected chi connectivity index (χ2v) is 5.95. The second-order valence-electron chi connectivity index (χ2n) is 5.01. The van der Waals surface area contributed by atoms with Gasteiger partial charge in [-0.25, -0.2) is 4.98 Å². The maximum Gasteiger partial charge on any atom is 0.0972 e. The van der Waals surface area contributed by atoms with Crippen molar-refractivity contribution < 1.29 is 0 Å². The van der Waals surface area contributed by atoms with E-state index in [1.54, 1.807) is 11.3 Å². The highest BCUT2D eigenvalue weighted by atomic mass is 32.1. The van der Waals surface area contributed by atoms with Gasteiger partial charge < -0.3 is 5.73 Å². The fourth-order valence-electron chi connectivity index (χ4n) is 2.31. The zero-order valence-corrected chi connectivity index (χ0v) is 12.6. The van der Waals surface area contributed by atoms with E-state index in [2.05, 4.69) is 58.9 Å². The average molecular weight is 294 g/mol. The Kier molecular flexibility index (Phi) is 4.43. The molecule has 0 spiro atoms. The molecule has 0 aliphatic heterocycles. The normalized spacial score (nSPS) is 10.7. The first kappa shape index (κ1) is 14.0. The lowest BCUT2D eigenvalue weighted by Crippen LogP contribution is -2.02. The van der Waals surface area contributed by atoms with E-state index in [0.29, 0.717) is 6.54 Å². The molecule has 106 valence electrons. The number of nitrogens with two attached hydrogens (primary N) is 1. The van der Waals surface area contributed by atoms with Crippen LogP contribution < -0.4 is 5.73 Å². The van der Waals surface area contributed by atoms with Crippen molar-refractivity contribution in [3.8, 4) is 11.1 Å². The number of aromatic nitrogens is 1. The minimum atomic E-state index is 0.662. The highest BCUT2D eigenvalue weighted by molar-refractivity contribution is 7.09. The van der Waals surface area contributed by atoms with Crippen LogP contribution in [0, 0.1) is 0 Å². The van der Waals surface area contributed by atoms with Gasteiger partial charge >= 0.3 is 0 Å². The molecule has 0 unspecified atom stereocenters. The summed E-state index contributed by atoms with van der Waals surface area (Å²) < 4.78 is 0. The lowest BCUT2D eigenvalue weighted by Gasteiger charge is -2.03. The molecule has 1 heterocycles. The largest absolute Gasteiger partial charge is 0.330 e. The highest BCUT2D eigenvalue weighted by Gasteiger charge is 2.03. The van der Waals surface area contributed by atoms with E-state index in [4.69, 9.17) is 5.73 Å². The quantitative estimate of drug-likeness (QED) is 0.775. The first-order valence-electron chi connectivity index (χ1n) is 7.13. The van der Waals surface area contributed by atoms with E-state index in [-0.39, 0.29) is 0 Å². The molecule has 0 aliphatic rings. The zero-order chi connectivity index (χ0) is 14.5. The van der Waals surface area contributed by atoms with Crippen molar-refractivity contribution in [1.82, 2.24) is 4.98 Å². The lowest BCUT2D eigenvalue weighted by molar-refractivity contribution is 0.922. The second kappa shape index (κ2) is 6.66. The minimum Gasteiger partial charge on any atom is -0.330 e. The Hall–Kier alpha value is -1.97. The van der Waals surface area contributed by atoms with Crippen LogP contribution in [0.3, 0.4) is 0 Å². The number of nitrogens with zero attached hydrogens (tertiary/aromatic N) is 1. The van der Waals surface area contributed by atoms with Crippen LogP contribution in [-0.2, 0) is 12.8 Å².